The standard InChI is InChI=1S/C18H27N5O2/c1-13-5-6-15(11-14(13)2)22-17-16(19)18(21-12-20-17)23(7-9-24-3)8-10-25-4/h5-6,11-12H,7-10,19H2,1-4H3,(H,20,21,22). The van der Waals surface area contributed by atoms with Crippen molar-refractivity contribution in [2.45, 2.75) is 13.8 Å². The second kappa shape index (κ2) is 9.19. The van der Waals surface area contributed by atoms with Gasteiger partial charge in [0.05, 0.1) is 13.2 Å². The first-order valence-corrected chi connectivity index (χ1v) is 8.24. The van der Waals surface area contributed by atoms with Crippen LogP contribution in [0.3, 0.4) is 0 Å². The number of nitrogens with zero attached hydrogens (tertiary/aromatic N) is 3. The normalized spacial score (nSPS) is 10.7. The summed E-state index contributed by atoms with van der Waals surface area (Å²) < 4.78 is 10.4. The molecule has 0 fully saturated rings. The van der Waals surface area contributed by atoms with Crippen LogP contribution in [0.1, 0.15) is 11.1 Å². The maximum Gasteiger partial charge on any atom is 0.159 e. The molecule has 0 aliphatic rings. The van der Waals surface area contributed by atoms with E-state index in [1.165, 1.54) is 17.5 Å². The minimum absolute atomic E-state index is 0.507. The summed E-state index contributed by atoms with van der Waals surface area (Å²) in [6, 6.07) is 6.15. The Kier molecular flexibility index (Phi) is 6.97. The number of hydrogen-bond donors (Lipinski definition) is 2. The van der Waals surface area contributed by atoms with Crippen molar-refractivity contribution in [3.8, 4) is 0 Å². The van der Waals surface area contributed by atoms with E-state index < -0.39 is 0 Å². The molecule has 7 heteroatoms. The number of nitrogen functional groups attached to an aromatic ring is 1. The fourth-order valence-corrected chi connectivity index (χ4v) is 2.42. The molecule has 1 aromatic heterocycles. The molecule has 25 heavy (non-hydrogen) atoms. The van der Waals surface area contributed by atoms with Gasteiger partial charge in [0, 0.05) is 33.0 Å². The number of nitrogens with two attached hydrogens (primary N) is 1. The Morgan fingerprint density at radius 3 is 2.32 bits per heavy atom. The fourth-order valence-electron chi connectivity index (χ4n) is 2.42. The summed E-state index contributed by atoms with van der Waals surface area (Å²) in [6.45, 7) is 6.65. The lowest BCUT2D eigenvalue weighted by Gasteiger charge is -2.25. The first-order chi connectivity index (χ1) is 12.1. The van der Waals surface area contributed by atoms with Gasteiger partial charge < -0.3 is 25.4 Å². The number of anilines is 4. The second-order valence-electron chi connectivity index (χ2n) is 5.86. The molecular weight excluding hydrogens is 318 g/mol. The summed E-state index contributed by atoms with van der Waals surface area (Å²) in [5.41, 5.74) is 10.2. The van der Waals surface area contributed by atoms with Gasteiger partial charge in [-0.15, -0.1) is 0 Å². The van der Waals surface area contributed by atoms with Crippen molar-refractivity contribution in [2.24, 2.45) is 0 Å². The van der Waals surface area contributed by atoms with Gasteiger partial charge in [-0.25, -0.2) is 9.97 Å². The average molecular weight is 345 g/mol. The summed E-state index contributed by atoms with van der Waals surface area (Å²) >= 11 is 0. The van der Waals surface area contributed by atoms with Gasteiger partial charge >= 0.3 is 0 Å². The molecule has 1 heterocycles. The largest absolute Gasteiger partial charge is 0.393 e. The third-order valence-corrected chi connectivity index (χ3v) is 4.06. The Bertz CT molecular complexity index is 685. The summed E-state index contributed by atoms with van der Waals surface area (Å²) in [6.07, 6.45) is 1.52. The lowest BCUT2D eigenvalue weighted by atomic mass is 10.1. The van der Waals surface area contributed by atoms with E-state index in [2.05, 4.69) is 41.3 Å². The molecule has 0 spiro atoms. The topological polar surface area (TPSA) is 85.5 Å². The lowest BCUT2D eigenvalue weighted by Crippen LogP contribution is -2.32. The predicted molar refractivity (Wildman–Crippen MR) is 102 cm³/mol. The van der Waals surface area contributed by atoms with Gasteiger partial charge in [-0.05, 0) is 37.1 Å². The van der Waals surface area contributed by atoms with E-state index in [9.17, 15) is 0 Å². The highest BCUT2D eigenvalue weighted by Crippen LogP contribution is 2.29. The van der Waals surface area contributed by atoms with Gasteiger partial charge in [0.1, 0.15) is 12.0 Å². The zero-order valence-electron chi connectivity index (χ0n) is 15.4. The van der Waals surface area contributed by atoms with E-state index in [1.54, 1.807) is 14.2 Å². The van der Waals surface area contributed by atoms with E-state index in [4.69, 9.17) is 15.2 Å². The molecule has 0 unspecified atom stereocenters. The number of methoxy groups -OCH3 is 2. The zero-order chi connectivity index (χ0) is 18.2. The molecule has 2 rings (SSSR count). The Balaban J connectivity index is 2.25. The second-order valence-corrected chi connectivity index (χ2v) is 5.86. The first-order valence-electron chi connectivity index (χ1n) is 8.24. The Morgan fingerprint density at radius 2 is 1.72 bits per heavy atom. The highest BCUT2D eigenvalue weighted by atomic mass is 16.5. The summed E-state index contributed by atoms with van der Waals surface area (Å²) in [5.74, 6) is 1.27. The van der Waals surface area contributed by atoms with Crippen LogP contribution < -0.4 is 16.0 Å². The zero-order valence-corrected chi connectivity index (χ0v) is 15.4. The quantitative estimate of drug-likeness (QED) is 0.722. The van der Waals surface area contributed by atoms with Gasteiger partial charge in [-0.2, -0.15) is 0 Å². The van der Waals surface area contributed by atoms with Crippen molar-refractivity contribution in [3.05, 3.63) is 35.7 Å². The molecule has 3 N–H and O–H groups in total. The number of aromatic nitrogens is 2. The van der Waals surface area contributed by atoms with E-state index >= 15 is 0 Å². The monoisotopic (exact) mass is 345 g/mol. The van der Waals surface area contributed by atoms with Crippen LogP contribution in [0.25, 0.3) is 0 Å². The number of hydrogen-bond acceptors (Lipinski definition) is 7. The molecule has 0 aliphatic carbocycles. The molecule has 136 valence electrons. The SMILES string of the molecule is COCCN(CCOC)c1ncnc(Nc2ccc(C)c(C)c2)c1N. The van der Waals surface area contributed by atoms with Crippen LogP contribution >= 0.6 is 0 Å². The third-order valence-electron chi connectivity index (χ3n) is 4.06. The number of benzene rings is 1. The summed E-state index contributed by atoms with van der Waals surface area (Å²) in [7, 11) is 3.34. The smallest absolute Gasteiger partial charge is 0.159 e. The molecule has 1 aromatic carbocycles. The van der Waals surface area contributed by atoms with Crippen LogP contribution in [0.5, 0.6) is 0 Å². The molecule has 0 atom stereocenters. The molecule has 0 bridgehead atoms. The van der Waals surface area contributed by atoms with Crippen LogP contribution in [0.15, 0.2) is 24.5 Å². The maximum atomic E-state index is 6.33. The van der Waals surface area contributed by atoms with Gasteiger partial charge in [0.2, 0.25) is 0 Å². The van der Waals surface area contributed by atoms with E-state index in [0.29, 0.717) is 43.6 Å². The molecule has 0 radical (unpaired) electrons. The minimum Gasteiger partial charge on any atom is -0.393 e. The van der Waals surface area contributed by atoms with Crippen molar-refractivity contribution in [3.63, 3.8) is 0 Å². The molecule has 0 saturated heterocycles. The first kappa shape index (κ1) is 19.0. The fraction of sp³-hybridized carbons (Fsp3) is 0.444. The van der Waals surface area contributed by atoms with Crippen molar-refractivity contribution < 1.29 is 9.47 Å². The molecule has 2 aromatic rings. The van der Waals surface area contributed by atoms with Crippen molar-refractivity contribution >= 4 is 23.0 Å². The number of rotatable bonds is 9. The van der Waals surface area contributed by atoms with E-state index in [1.807, 2.05) is 11.0 Å². The van der Waals surface area contributed by atoms with Crippen molar-refractivity contribution in [1.29, 1.82) is 0 Å². The van der Waals surface area contributed by atoms with Crippen molar-refractivity contribution in [2.75, 3.05) is 56.5 Å². The predicted octanol–water partition coefficient (Wildman–Crippen LogP) is 2.52. The molecule has 0 saturated carbocycles. The number of nitrogens with one attached hydrogen (secondary N) is 1. The van der Waals surface area contributed by atoms with Crippen LogP contribution in [-0.2, 0) is 9.47 Å². The van der Waals surface area contributed by atoms with E-state index in [0.717, 1.165) is 5.69 Å². The van der Waals surface area contributed by atoms with Gasteiger partial charge in [0.25, 0.3) is 0 Å². The third kappa shape index (κ3) is 5.04. The molecule has 7 nitrogen and oxygen atoms in total. The highest BCUT2D eigenvalue weighted by Gasteiger charge is 2.15. The van der Waals surface area contributed by atoms with Crippen LogP contribution in [0, 0.1) is 13.8 Å². The molecular formula is C18H27N5O2. The van der Waals surface area contributed by atoms with Gasteiger partial charge in [-0.1, -0.05) is 6.07 Å². The molecule has 0 amide bonds. The highest BCUT2D eigenvalue weighted by molar-refractivity contribution is 5.78. The van der Waals surface area contributed by atoms with Crippen LogP contribution in [-0.4, -0.2) is 50.5 Å². The van der Waals surface area contributed by atoms with Gasteiger partial charge in [-0.3, -0.25) is 0 Å². The van der Waals surface area contributed by atoms with Crippen molar-refractivity contribution in [1.82, 2.24) is 9.97 Å². The summed E-state index contributed by atoms with van der Waals surface area (Å²) in [5, 5.41) is 3.28. The van der Waals surface area contributed by atoms with Crippen LogP contribution in [0.2, 0.25) is 0 Å². The lowest BCUT2D eigenvalue weighted by molar-refractivity contribution is 0.190. The van der Waals surface area contributed by atoms with Crippen LogP contribution in [0.4, 0.5) is 23.0 Å². The van der Waals surface area contributed by atoms with Gasteiger partial charge in [0.15, 0.2) is 11.6 Å². The minimum atomic E-state index is 0.507. The Morgan fingerprint density at radius 1 is 1.04 bits per heavy atom. The average Bonchev–Trinajstić information content (AvgIpc) is 2.60. The van der Waals surface area contributed by atoms with E-state index in [-0.39, 0.29) is 0 Å². The summed E-state index contributed by atoms with van der Waals surface area (Å²) in [4.78, 5) is 10.7. The maximum absolute atomic E-state index is 6.33. The number of ether oxygens (including phenoxy) is 2. The Hall–Kier alpha value is -2.38. The molecule has 0 aliphatic heterocycles. The Labute approximate surface area is 149 Å². The number of aryl methyl sites for hydroxylation is 2.